The van der Waals surface area contributed by atoms with E-state index in [9.17, 15) is 9.59 Å². The van der Waals surface area contributed by atoms with Crippen LogP contribution in [0, 0.1) is 11.8 Å². The first kappa shape index (κ1) is 13.4. The summed E-state index contributed by atoms with van der Waals surface area (Å²) in [4.78, 5) is 21.3. The van der Waals surface area contributed by atoms with Crippen molar-refractivity contribution in [1.29, 1.82) is 0 Å². The number of carbonyl (C=O) groups is 2. The van der Waals surface area contributed by atoms with Crippen LogP contribution in [0.15, 0.2) is 40.8 Å². The Balaban J connectivity index is 2.16. The van der Waals surface area contributed by atoms with Crippen LogP contribution in [-0.2, 0) is 4.79 Å². The van der Waals surface area contributed by atoms with E-state index < -0.39 is 11.9 Å². The third-order valence-corrected chi connectivity index (χ3v) is 2.48. The highest BCUT2D eigenvalue weighted by Crippen LogP contribution is 2.22. The van der Waals surface area contributed by atoms with Gasteiger partial charge in [-0.2, -0.15) is 0 Å². The molecule has 1 heterocycles. The van der Waals surface area contributed by atoms with Gasteiger partial charge in [-0.15, -0.1) is 0 Å². The van der Waals surface area contributed by atoms with Crippen LogP contribution < -0.4 is 5.73 Å². The van der Waals surface area contributed by atoms with Gasteiger partial charge in [-0.3, -0.25) is 4.79 Å². The molecule has 100 valence electrons. The Hall–Kier alpha value is -3.00. The van der Waals surface area contributed by atoms with E-state index in [1.807, 2.05) is 0 Å². The topological polar surface area (TPSA) is 93.5 Å². The smallest absolute Gasteiger partial charge is 0.371 e. The van der Waals surface area contributed by atoms with Crippen LogP contribution in [0.25, 0.3) is 11.3 Å². The molecule has 0 radical (unpaired) electrons. The average molecular weight is 269 g/mol. The average Bonchev–Trinajstić information content (AvgIpc) is 2.89. The minimum Gasteiger partial charge on any atom is -0.475 e. The molecule has 0 atom stereocenters. The van der Waals surface area contributed by atoms with Gasteiger partial charge in [-0.25, -0.2) is 4.79 Å². The lowest BCUT2D eigenvalue weighted by Gasteiger charge is -1.97. The molecular weight excluding hydrogens is 258 g/mol. The second kappa shape index (κ2) is 5.76. The molecule has 5 heteroatoms. The molecule has 5 nitrogen and oxygen atoms in total. The van der Waals surface area contributed by atoms with Crippen molar-refractivity contribution in [1.82, 2.24) is 0 Å². The molecule has 1 aromatic carbocycles. The van der Waals surface area contributed by atoms with E-state index in [1.165, 1.54) is 6.07 Å². The van der Waals surface area contributed by atoms with Gasteiger partial charge in [0.2, 0.25) is 11.7 Å². The summed E-state index contributed by atoms with van der Waals surface area (Å²) in [6, 6.07) is 10.0. The zero-order chi connectivity index (χ0) is 14.5. The van der Waals surface area contributed by atoms with E-state index in [0.717, 1.165) is 11.1 Å². The van der Waals surface area contributed by atoms with Crippen LogP contribution in [0.4, 0.5) is 0 Å². The Kier molecular flexibility index (Phi) is 3.87. The molecule has 2 aromatic rings. The summed E-state index contributed by atoms with van der Waals surface area (Å²) in [5.41, 5.74) is 6.47. The zero-order valence-electron chi connectivity index (χ0n) is 10.4. The molecule has 0 saturated heterocycles. The third kappa shape index (κ3) is 3.27. The monoisotopic (exact) mass is 269 g/mol. The number of nitrogens with two attached hydrogens (primary N) is 1. The van der Waals surface area contributed by atoms with Gasteiger partial charge in [0, 0.05) is 11.1 Å². The first-order valence-electron chi connectivity index (χ1n) is 5.77. The summed E-state index contributed by atoms with van der Waals surface area (Å²) in [5, 5.41) is 8.78. The number of benzene rings is 1. The number of carboxylic acid groups (broad SMARTS) is 1. The molecule has 0 aliphatic heterocycles. The molecule has 0 aliphatic rings. The largest absolute Gasteiger partial charge is 0.475 e. The maximum absolute atomic E-state index is 10.7. The first-order valence-corrected chi connectivity index (χ1v) is 5.77. The Morgan fingerprint density at radius 2 is 1.85 bits per heavy atom. The summed E-state index contributed by atoms with van der Waals surface area (Å²) < 4.78 is 5.19. The van der Waals surface area contributed by atoms with Gasteiger partial charge < -0.3 is 15.3 Å². The fraction of sp³-hybridized carbons (Fsp3) is 0.0667. The van der Waals surface area contributed by atoms with Gasteiger partial charge >= 0.3 is 5.97 Å². The van der Waals surface area contributed by atoms with Gasteiger partial charge in [0.15, 0.2) is 0 Å². The molecule has 0 bridgehead atoms. The van der Waals surface area contributed by atoms with Crippen LogP contribution in [0.2, 0.25) is 0 Å². The van der Waals surface area contributed by atoms with Crippen molar-refractivity contribution in [3.63, 3.8) is 0 Å². The summed E-state index contributed by atoms with van der Waals surface area (Å²) in [7, 11) is 0. The number of hydrogen-bond donors (Lipinski definition) is 2. The van der Waals surface area contributed by atoms with Gasteiger partial charge in [-0.05, 0) is 24.3 Å². The maximum atomic E-state index is 10.7. The number of rotatable bonds is 3. The number of primary amides is 1. The maximum Gasteiger partial charge on any atom is 0.371 e. The van der Waals surface area contributed by atoms with Gasteiger partial charge in [-0.1, -0.05) is 24.0 Å². The number of carboxylic acids is 1. The Morgan fingerprint density at radius 3 is 2.40 bits per heavy atom. The van der Waals surface area contributed by atoms with Gasteiger partial charge in [0.05, 0.1) is 6.42 Å². The SMILES string of the molecule is NC(=O)CC#Cc1ccc(-c2ccc(C(=O)O)o2)cc1. The Morgan fingerprint density at radius 1 is 1.15 bits per heavy atom. The van der Waals surface area contributed by atoms with Gasteiger partial charge in [0.1, 0.15) is 5.76 Å². The molecule has 0 aliphatic carbocycles. The standard InChI is InChI=1S/C15H11NO4/c16-14(17)3-1-2-10-4-6-11(7-5-10)12-8-9-13(20-12)15(18)19/h4-9H,3H2,(H2,16,17)(H,18,19). The second-order valence-corrected chi connectivity index (χ2v) is 3.99. The first-order chi connectivity index (χ1) is 9.56. The highest BCUT2D eigenvalue weighted by Gasteiger charge is 2.09. The third-order valence-electron chi connectivity index (χ3n) is 2.48. The van der Waals surface area contributed by atoms with E-state index in [-0.39, 0.29) is 12.2 Å². The van der Waals surface area contributed by atoms with Crippen molar-refractivity contribution in [2.24, 2.45) is 5.73 Å². The van der Waals surface area contributed by atoms with E-state index in [2.05, 4.69) is 11.8 Å². The Labute approximate surface area is 115 Å². The lowest BCUT2D eigenvalue weighted by atomic mass is 10.1. The van der Waals surface area contributed by atoms with E-state index in [0.29, 0.717) is 5.76 Å². The van der Waals surface area contributed by atoms with Crippen molar-refractivity contribution in [2.45, 2.75) is 6.42 Å². The second-order valence-electron chi connectivity index (χ2n) is 3.99. The fourth-order valence-corrected chi connectivity index (χ4v) is 1.56. The molecule has 1 amide bonds. The lowest BCUT2D eigenvalue weighted by molar-refractivity contribution is -0.117. The highest BCUT2D eigenvalue weighted by molar-refractivity contribution is 5.85. The van der Waals surface area contributed by atoms with Crippen molar-refractivity contribution in [2.75, 3.05) is 0 Å². The van der Waals surface area contributed by atoms with Crippen molar-refractivity contribution >= 4 is 11.9 Å². The molecule has 0 fully saturated rings. The quantitative estimate of drug-likeness (QED) is 0.832. The summed E-state index contributed by atoms with van der Waals surface area (Å²) >= 11 is 0. The van der Waals surface area contributed by atoms with Crippen molar-refractivity contribution < 1.29 is 19.1 Å². The lowest BCUT2D eigenvalue weighted by Crippen LogP contribution is -2.08. The predicted octanol–water partition coefficient (Wildman–Crippen LogP) is 1.87. The van der Waals surface area contributed by atoms with Crippen LogP contribution in [-0.4, -0.2) is 17.0 Å². The minimum atomic E-state index is -1.11. The molecule has 3 N–H and O–H groups in total. The molecule has 20 heavy (non-hydrogen) atoms. The summed E-state index contributed by atoms with van der Waals surface area (Å²) in [6.07, 6.45) is 0.0158. The number of carbonyl (C=O) groups excluding carboxylic acids is 1. The molecular formula is C15H11NO4. The van der Waals surface area contributed by atoms with E-state index in [4.69, 9.17) is 15.3 Å². The summed E-state index contributed by atoms with van der Waals surface area (Å²) in [5.74, 6) is 4.25. The van der Waals surface area contributed by atoms with E-state index >= 15 is 0 Å². The van der Waals surface area contributed by atoms with E-state index in [1.54, 1.807) is 30.3 Å². The number of furan rings is 1. The highest BCUT2D eigenvalue weighted by atomic mass is 16.4. The summed E-state index contributed by atoms with van der Waals surface area (Å²) in [6.45, 7) is 0. The number of hydrogen-bond acceptors (Lipinski definition) is 3. The number of amides is 1. The van der Waals surface area contributed by atoms with Crippen LogP contribution in [0.5, 0.6) is 0 Å². The Bertz CT molecular complexity index is 701. The predicted molar refractivity (Wildman–Crippen MR) is 71.8 cm³/mol. The molecule has 0 spiro atoms. The number of aromatic carboxylic acids is 1. The minimum absolute atomic E-state index is 0.0158. The van der Waals surface area contributed by atoms with Gasteiger partial charge in [0.25, 0.3) is 0 Å². The molecule has 0 unspecified atom stereocenters. The van der Waals surface area contributed by atoms with Crippen molar-refractivity contribution in [3.8, 4) is 23.2 Å². The van der Waals surface area contributed by atoms with Crippen molar-refractivity contribution in [3.05, 3.63) is 47.7 Å². The molecule has 1 aromatic heterocycles. The normalized spacial score (nSPS) is 9.60. The van der Waals surface area contributed by atoms with Crippen LogP contribution in [0.1, 0.15) is 22.5 Å². The zero-order valence-corrected chi connectivity index (χ0v) is 10.4. The molecule has 2 rings (SSSR count). The van der Waals surface area contributed by atoms with Crippen LogP contribution >= 0.6 is 0 Å². The molecule has 0 saturated carbocycles. The fourth-order valence-electron chi connectivity index (χ4n) is 1.56. The van der Waals surface area contributed by atoms with Crippen LogP contribution in [0.3, 0.4) is 0 Å².